The van der Waals surface area contributed by atoms with Gasteiger partial charge in [0.05, 0.1) is 28.4 Å². The van der Waals surface area contributed by atoms with Gasteiger partial charge in [0, 0.05) is 39.1 Å². The van der Waals surface area contributed by atoms with Crippen molar-refractivity contribution in [3.8, 4) is 39.7 Å². The molecule has 0 bridgehead atoms. The summed E-state index contributed by atoms with van der Waals surface area (Å²) in [6.45, 7) is 4.67. The monoisotopic (exact) mass is 832 g/mol. The smallest absolute Gasteiger partial charge is 0.156 e. The summed E-state index contributed by atoms with van der Waals surface area (Å²) >= 11 is 0. The number of aromatic nitrogens is 2. The molecular formula is C61H44N4. The molecule has 308 valence electrons. The first-order chi connectivity index (χ1) is 32.0. The molecule has 0 fully saturated rings. The lowest BCUT2D eigenvalue weighted by molar-refractivity contribution is 0.657. The van der Waals surface area contributed by atoms with Gasteiger partial charge in [0.2, 0.25) is 0 Å². The number of para-hydroxylation sites is 1. The lowest BCUT2D eigenvalue weighted by atomic mass is 9.69. The molecule has 4 heteroatoms. The van der Waals surface area contributed by atoms with Crippen LogP contribution in [0.4, 0.5) is 5.69 Å². The van der Waals surface area contributed by atoms with Crippen LogP contribution in [0.3, 0.4) is 0 Å². The topological polar surface area (TPSA) is 52.8 Å². The van der Waals surface area contributed by atoms with Gasteiger partial charge in [0.25, 0.3) is 0 Å². The first-order valence-corrected chi connectivity index (χ1v) is 23.3. The van der Waals surface area contributed by atoms with Crippen molar-refractivity contribution in [3.63, 3.8) is 0 Å². The number of benzene rings is 6. The van der Waals surface area contributed by atoms with E-state index in [-0.39, 0.29) is 11.5 Å². The second kappa shape index (κ2) is 13.2. The van der Waals surface area contributed by atoms with E-state index in [2.05, 4.69) is 189 Å². The fraction of sp³-hybridized carbons (Fsp3) is 0.164. The predicted molar refractivity (Wildman–Crippen MR) is 263 cm³/mol. The maximum Gasteiger partial charge on any atom is 0.156 e. The van der Waals surface area contributed by atoms with E-state index in [9.17, 15) is 5.26 Å². The lowest BCUT2D eigenvalue weighted by Gasteiger charge is -2.34. The molecule has 2 heterocycles. The summed E-state index contributed by atoms with van der Waals surface area (Å²) in [5, 5.41) is 11.1. The lowest BCUT2D eigenvalue weighted by Crippen LogP contribution is -2.35. The average molecular weight is 833 g/mol. The fourth-order valence-electron chi connectivity index (χ4n) is 13.2. The van der Waals surface area contributed by atoms with Crippen LogP contribution >= 0.6 is 0 Å². The van der Waals surface area contributed by atoms with Crippen LogP contribution in [0.2, 0.25) is 0 Å². The second-order valence-electron chi connectivity index (χ2n) is 19.2. The number of nitriles is 1. The third kappa shape index (κ3) is 4.75. The molecule has 1 aromatic heterocycles. The summed E-state index contributed by atoms with van der Waals surface area (Å²) < 4.78 is 0. The Balaban J connectivity index is 0.982. The normalized spacial score (nSPS) is 20.8. The van der Waals surface area contributed by atoms with Crippen molar-refractivity contribution in [2.45, 2.75) is 62.8 Å². The summed E-state index contributed by atoms with van der Waals surface area (Å²) in [5.41, 5.74) is 25.9. The highest BCUT2D eigenvalue weighted by Crippen LogP contribution is 2.65. The highest BCUT2D eigenvalue weighted by molar-refractivity contribution is 6.02. The van der Waals surface area contributed by atoms with E-state index >= 15 is 0 Å². The van der Waals surface area contributed by atoms with Gasteiger partial charge in [-0.25, -0.2) is 9.97 Å². The van der Waals surface area contributed by atoms with E-state index < -0.39 is 5.41 Å². The minimum absolute atomic E-state index is 0.131. The first kappa shape index (κ1) is 36.8. The zero-order chi connectivity index (χ0) is 43.2. The third-order valence-electron chi connectivity index (χ3n) is 15.8. The van der Waals surface area contributed by atoms with Gasteiger partial charge in [-0.05, 0) is 123 Å². The quantitative estimate of drug-likeness (QED) is 0.178. The summed E-state index contributed by atoms with van der Waals surface area (Å²) in [4.78, 5) is 13.8. The van der Waals surface area contributed by atoms with Gasteiger partial charge in [0.1, 0.15) is 6.07 Å². The van der Waals surface area contributed by atoms with E-state index in [1.54, 1.807) is 0 Å². The van der Waals surface area contributed by atoms with Gasteiger partial charge >= 0.3 is 0 Å². The zero-order valence-electron chi connectivity index (χ0n) is 36.5. The van der Waals surface area contributed by atoms with Crippen LogP contribution in [0.1, 0.15) is 95.4 Å². The fourth-order valence-corrected chi connectivity index (χ4v) is 13.2. The van der Waals surface area contributed by atoms with Crippen molar-refractivity contribution in [1.82, 2.24) is 9.97 Å². The summed E-state index contributed by atoms with van der Waals surface area (Å²) in [6, 6.07) is 54.3. The van der Waals surface area contributed by atoms with Crippen LogP contribution in [0.25, 0.3) is 56.4 Å². The maximum atomic E-state index is 11.1. The highest BCUT2D eigenvalue weighted by Gasteiger charge is 2.53. The number of hydrogen-bond acceptors (Lipinski definition) is 4. The van der Waals surface area contributed by atoms with Crippen LogP contribution in [-0.4, -0.2) is 16.0 Å². The SMILES string of the molecule is CC1(C)c2ccccc2-c2nc(C3=CC(C#N)=C(N4c5ccccc5C5=Cc6ccccc6CC54)CC3)nc(-c3cccc4c3-c3ccccc3C43C4=C(CCC=C4)c4ccccc43)c21. The van der Waals surface area contributed by atoms with E-state index in [4.69, 9.17) is 9.97 Å². The molecule has 14 rings (SSSR count). The Morgan fingerprint density at radius 3 is 2.12 bits per heavy atom. The van der Waals surface area contributed by atoms with Gasteiger partial charge in [0.15, 0.2) is 5.82 Å². The minimum Gasteiger partial charge on any atom is -0.335 e. The molecule has 2 atom stereocenters. The van der Waals surface area contributed by atoms with Crippen molar-refractivity contribution < 1.29 is 0 Å². The molecule has 1 spiro atoms. The molecule has 0 saturated carbocycles. The van der Waals surface area contributed by atoms with E-state index in [0.29, 0.717) is 17.8 Å². The molecule has 7 aromatic rings. The Labute approximate surface area is 380 Å². The van der Waals surface area contributed by atoms with Crippen LogP contribution in [0.5, 0.6) is 0 Å². The predicted octanol–water partition coefficient (Wildman–Crippen LogP) is 13.8. The Morgan fingerprint density at radius 2 is 1.29 bits per heavy atom. The van der Waals surface area contributed by atoms with Crippen molar-refractivity contribution in [1.29, 1.82) is 5.26 Å². The summed E-state index contributed by atoms with van der Waals surface area (Å²) in [5.74, 6) is 0.706. The Bertz CT molecular complexity index is 3530. The van der Waals surface area contributed by atoms with Gasteiger partial charge < -0.3 is 4.90 Å². The minimum atomic E-state index is -0.416. The van der Waals surface area contributed by atoms with Gasteiger partial charge in [-0.15, -0.1) is 0 Å². The molecule has 1 aliphatic heterocycles. The molecule has 0 radical (unpaired) electrons. The molecular weight excluding hydrogens is 789 g/mol. The van der Waals surface area contributed by atoms with E-state index in [1.807, 2.05) is 0 Å². The molecule has 0 saturated heterocycles. The third-order valence-corrected chi connectivity index (χ3v) is 15.8. The largest absolute Gasteiger partial charge is 0.335 e. The number of fused-ring (bicyclic) bond motifs is 16. The number of rotatable bonds is 3. The van der Waals surface area contributed by atoms with Crippen molar-refractivity contribution in [2.75, 3.05) is 4.90 Å². The first-order valence-electron chi connectivity index (χ1n) is 23.3. The molecule has 6 aliphatic carbocycles. The van der Waals surface area contributed by atoms with Crippen molar-refractivity contribution >= 4 is 28.5 Å². The van der Waals surface area contributed by atoms with Gasteiger partial charge in [-0.3, -0.25) is 0 Å². The number of nitrogens with zero attached hydrogens (tertiary/aromatic N) is 4. The number of hydrogen-bond donors (Lipinski definition) is 0. The molecule has 65 heavy (non-hydrogen) atoms. The number of anilines is 1. The van der Waals surface area contributed by atoms with Crippen molar-refractivity contribution in [2.24, 2.45) is 0 Å². The summed E-state index contributed by atoms with van der Waals surface area (Å²) in [7, 11) is 0. The van der Waals surface area contributed by atoms with Gasteiger partial charge in [-0.2, -0.15) is 5.26 Å². The molecule has 0 N–H and O–H groups in total. The van der Waals surface area contributed by atoms with Crippen LogP contribution in [0.15, 0.2) is 175 Å². The Hall–Kier alpha value is -7.61. The maximum absolute atomic E-state index is 11.1. The van der Waals surface area contributed by atoms with Crippen LogP contribution in [-0.2, 0) is 17.3 Å². The molecule has 4 nitrogen and oxygen atoms in total. The Morgan fingerprint density at radius 1 is 0.631 bits per heavy atom. The van der Waals surface area contributed by atoms with Crippen molar-refractivity contribution in [3.05, 3.63) is 230 Å². The molecule has 0 amide bonds. The van der Waals surface area contributed by atoms with Crippen LogP contribution in [0, 0.1) is 11.3 Å². The van der Waals surface area contributed by atoms with Gasteiger partial charge in [-0.1, -0.05) is 159 Å². The molecule has 7 aliphatic rings. The van der Waals surface area contributed by atoms with Crippen LogP contribution < -0.4 is 4.90 Å². The average Bonchev–Trinajstić information content (AvgIpc) is 4.03. The highest BCUT2D eigenvalue weighted by atomic mass is 15.2. The molecule has 2 unspecified atom stereocenters. The van der Waals surface area contributed by atoms with E-state index in [0.717, 1.165) is 65.0 Å². The summed E-state index contributed by atoms with van der Waals surface area (Å²) in [6.07, 6.45) is 13.7. The Kier molecular flexibility index (Phi) is 7.49. The number of allylic oxidation sites excluding steroid dienone is 8. The molecule has 6 aromatic carbocycles. The zero-order valence-corrected chi connectivity index (χ0v) is 36.5. The van der Waals surface area contributed by atoms with E-state index in [1.165, 1.54) is 78.0 Å². The second-order valence-corrected chi connectivity index (χ2v) is 19.2. The standard InChI is InChI=1S/C61H44N4/c1-60(2)47-24-10-8-22-44(47)57-56(60)58(45-23-15-28-51-55(45)43-21-7-13-27-50(43)61(51)48-25-11-5-18-40(48)41-19-6-12-26-49(41)61)64-59(63-57)38-30-31-52(39(32-38)35-62)65-53-29-14-9-20-42(53)46-33-36-16-3-4-17-37(36)34-54(46)65/h3-5,7-18,20-29,32-33,54H,6,19,30-31,34H2,1-2H3.